The Labute approximate surface area is 82.7 Å². The smallest absolute Gasteiger partial charge is 0.325 e. The zero-order valence-corrected chi connectivity index (χ0v) is 8.51. The molecule has 80 valence electrons. The second-order valence-electron chi connectivity index (χ2n) is 3.40. The van der Waals surface area contributed by atoms with Crippen molar-refractivity contribution in [3.63, 3.8) is 0 Å². The SMILES string of the molecule is C=CCNC1(C(=O)O)CCS(=O)(=O)C1. The number of carbonyl (C=O) groups is 1. The van der Waals surface area contributed by atoms with E-state index in [9.17, 15) is 13.2 Å². The highest BCUT2D eigenvalue weighted by molar-refractivity contribution is 7.91. The van der Waals surface area contributed by atoms with Crippen molar-refractivity contribution < 1.29 is 18.3 Å². The van der Waals surface area contributed by atoms with E-state index >= 15 is 0 Å². The van der Waals surface area contributed by atoms with E-state index in [2.05, 4.69) is 11.9 Å². The molecule has 1 heterocycles. The van der Waals surface area contributed by atoms with Crippen LogP contribution in [-0.2, 0) is 14.6 Å². The highest BCUT2D eigenvalue weighted by Crippen LogP contribution is 2.23. The molecule has 1 saturated heterocycles. The monoisotopic (exact) mass is 219 g/mol. The minimum absolute atomic E-state index is 0.0660. The fraction of sp³-hybridized carbons (Fsp3) is 0.625. The molecule has 0 aromatic carbocycles. The number of carboxylic acids is 1. The molecule has 1 aliphatic heterocycles. The lowest BCUT2D eigenvalue weighted by Gasteiger charge is -2.22. The lowest BCUT2D eigenvalue weighted by atomic mass is 9.99. The Morgan fingerprint density at radius 1 is 1.64 bits per heavy atom. The summed E-state index contributed by atoms with van der Waals surface area (Å²) in [5, 5.41) is 11.7. The van der Waals surface area contributed by atoms with Gasteiger partial charge in [0, 0.05) is 6.54 Å². The van der Waals surface area contributed by atoms with Gasteiger partial charge in [0.1, 0.15) is 5.54 Å². The highest BCUT2D eigenvalue weighted by atomic mass is 32.2. The van der Waals surface area contributed by atoms with Gasteiger partial charge in [-0.15, -0.1) is 6.58 Å². The number of aliphatic carboxylic acids is 1. The van der Waals surface area contributed by atoms with Gasteiger partial charge in [-0.1, -0.05) is 6.08 Å². The van der Waals surface area contributed by atoms with E-state index in [-0.39, 0.29) is 17.9 Å². The average Bonchev–Trinajstić information content (AvgIpc) is 2.40. The summed E-state index contributed by atoms with van der Waals surface area (Å²) in [4.78, 5) is 11.0. The van der Waals surface area contributed by atoms with E-state index in [1.807, 2.05) is 0 Å². The van der Waals surface area contributed by atoms with Crippen LogP contribution in [-0.4, -0.2) is 43.1 Å². The van der Waals surface area contributed by atoms with Gasteiger partial charge in [0.05, 0.1) is 11.5 Å². The molecule has 0 bridgehead atoms. The first-order chi connectivity index (χ1) is 6.42. The van der Waals surface area contributed by atoms with Crippen molar-refractivity contribution in [1.82, 2.24) is 5.32 Å². The summed E-state index contributed by atoms with van der Waals surface area (Å²) >= 11 is 0. The topological polar surface area (TPSA) is 83.5 Å². The van der Waals surface area contributed by atoms with Crippen LogP contribution in [0.15, 0.2) is 12.7 Å². The van der Waals surface area contributed by atoms with Crippen LogP contribution < -0.4 is 5.32 Å². The molecule has 14 heavy (non-hydrogen) atoms. The van der Waals surface area contributed by atoms with Crippen LogP contribution in [0.2, 0.25) is 0 Å². The van der Waals surface area contributed by atoms with Gasteiger partial charge in [-0.2, -0.15) is 0 Å². The Balaban J connectivity index is 2.85. The molecule has 6 heteroatoms. The standard InChI is InChI=1S/C8H13NO4S/c1-2-4-9-8(7(10)11)3-5-14(12,13)6-8/h2,9H,1,3-6H2,(H,10,11). The molecule has 1 unspecified atom stereocenters. The molecule has 0 amide bonds. The van der Waals surface area contributed by atoms with Crippen molar-refractivity contribution in [1.29, 1.82) is 0 Å². The summed E-state index contributed by atoms with van der Waals surface area (Å²) in [6.45, 7) is 3.74. The lowest BCUT2D eigenvalue weighted by molar-refractivity contribution is -0.143. The number of sulfone groups is 1. The summed E-state index contributed by atoms with van der Waals surface area (Å²) in [5.41, 5.74) is -1.31. The molecule has 1 aliphatic rings. The molecular formula is C8H13NO4S. The van der Waals surface area contributed by atoms with Crippen LogP contribution in [0.3, 0.4) is 0 Å². The largest absolute Gasteiger partial charge is 0.480 e. The molecule has 2 N–H and O–H groups in total. The predicted molar refractivity (Wildman–Crippen MR) is 51.8 cm³/mol. The summed E-state index contributed by atoms with van der Waals surface area (Å²) < 4.78 is 22.4. The maximum Gasteiger partial charge on any atom is 0.325 e. The molecule has 1 rings (SSSR count). The maximum atomic E-state index is 11.2. The van der Waals surface area contributed by atoms with E-state index < -0.39 is 21.3 Å². The average molecular weight is 219 g/mol. The van der Waals surface area contributed by atoms with E-state index in [1.54, 1.807) is 0 Å². The summed E-state index contributed by atoms with van der Waals surface area (Å²) in [6, 6.07) is 0. The van der Waals surface area contributed by atoms with Gasteiger partial charge in [-0.3, -0.25) is 10.1 Å². The molecule has 0 saturated carbocycles. The molecule has 0 aromatic heterocycles. The van der Waals surface area contributed by atoms with Crippen molar-refractivity contribution in [2.75, 3.05) is 18.1 Å². The molecule has 5 nitrogen and oxygen atoms in total. The van der Waals surface area contributed by atoms with Crippen LogP contribution >= 0.6 is 0 Å². The molecule has 0 aliphatic carbocycles. The van der Waals surface area contributed by atoms with E-state index in [4.69, 9.17) is 5.11 Å². The third-order valence-electron chi connectivity index (χ3n) is 2.30. The lowest BCUT2D eigenvalue weighted by Crippen LogP contribution is -2.53. The molecule has 0 radical (unpaired) electrons. The Morgan fingerprint density at radius 3 is 2.64 bits per heavy atom. The summed E-state index contributed by atoms with van der Waals surface area (Å²) in [7, 11) is -3.21. The minimum Gasteiger partial charge on any atom is -0.480 e. The third kappa shape index (κ3) is 2.13. The Kier molecular flexibility index (Phi) is 2.96. The number of rotatable bonds is 4. The Bertz CT molecular complexity index is 348. The van der Waals surface area contributed by atoms with Gasteiger partial charge in [0.2, 0.25) is 0 Å². The zero-order chi connectivity index (χ0) is 10.8. The van der Waals surface area contributed by atoms with Crippen LogP contribution in [0, 0.1) is 0 Å². The normalized spacial score (nSPS) is 30.0. The molecule has 1 fully saturated rings. The number of carboxylic acid groups (broad SMARTS) is 1. The van der Waals surface area contributed by atoms with Gasteiger partial charge in [0.25, 0.3) is 0 Å². The van der Waals surface area contributed by atoms with E-state index in [0.29, 0.717) is 6.54 Å². The van der Waals surface area contributed by atoms with Crippen molar-refractivity contribution in [2.24, 2.45) is 0 Å². The first kappa shape index (κ1) is 11.2. The van der Waals surface area contributed by atoms with Crippen LogP contribution in [0.4, 0.5) is 0 Å². The van der Waals surface area contributed by atoms with Gasteiger partial charge < -0.3 is 5.11 Å². The summed E-state index contributed by atoms with van der Waals surface area (Å²) in [5.74, 6) is -1.51. The van der Waals surface area contributed by atoms with Crippen molar-refractivity contribution in [2.45, 2.75) is 12.0 Å². The molecule has 0 spiro atoms. The second-order valence-corrected chi connectivity index (χ2v) is 5.58. The Morgan fingerprint density at radius 2 is 2.29 bits per heavy atom. The van der Waals surface area contributed by atoms with Crippen molar-refractivity contribution in [3.8, 4) is 0 Å². The molecule has 0 aromatic rings. The molecular weight excluding hydrogens is 206 g/mol. The predicted octanol–water partition coefficient (Wildman–Crippen LogP) is -0.596. The summed E-state index contributed by atoms with van der Waals surface area (Å²) in [6.07, 6.45) is 1.63. The zero-order valence-electron chi connectivity index (χ0n) is 7.69. The van der Waals surface area contributed by atoms with Gasteiger partial charge in [-0.25, -0.2) is 8.42 Å². The quantitative estimate of drug-likeness (QED) is 0.617. The van der Waals surface area contributed by atoms with Crippen LogP contribution in [0.5, 0.6) is 0 Å². The van der Waals surface area contributed by atoms with Gasteiger partial charge >= 0.3 is 5.97 Å². The Hall–Kier alpha value is -0.880. The van der Waals surface area contributed by atoms with Crippen LogP contribution in [0.1, 0.15) is 6.42 Å². The molecule has 1 atom stereocenters. The number of hydrogen-bond acceptors (Lipinski definition) is 4. The van der Waals surface area contributed by atoms with E-state index in [1.165, 1.54) is 6.08 Å². The van der Waals surface area contributed by atoms with Gasteiger partial charge in [-0.05, 0) is 6.42 Å². The third-order valence-corrected chi connectivity index (χ3v) is 4.06. The number of hydrogen-bond donors (Lipinski definition) is 2. The first-order valence-electron chi connectivity index (χ1n) is 4.22. The maximum absolute atomic E-state index is 11.2. The first-order valence-corrected chi connectivity index (χ1v) is 6.04. The fourth-order valence-corrected chi connectivity index (χ4v) is 3.43. The number of nitrogens with one attached hydrogen (secondary N) is 1. The highest BCUT2D eigenvalue weighted by Gasteiger charge is 2.47. The van der Waals surface area contributed by atoms with Crippen LogP contribution in [0.25, 0.3) is 0 Å². The fourth-order valence-electron chi connectivity index (χ4n) is 1.50. The minimum atomic E-state index is -3.21. The van der Waals surface area contributed by atoms with Gasteiger partial charge in [0.15, 0.2) is 9.84 Å². The van der Waals surface area contributed by atoms with E-state index in [0.717, 1.165) is 0 Å². The second kappa shape index (κ2) is 3.70. The van der Waals surface area contributed by atoms with Crippen molar-refractivity contribution >= 4 is 15.8 Å². The van der Waals surface area contributed by atoms with Crippen molar-refractivity contribution in [3.05, 3.63) is 12.7 Å².